The average Bonchev–Trinajstić information content (AvgIpc) is 2.51. The van der Waals surface area contributed by atoms with Gasteiger partial charge < -0.3 is 5.32 Å². The Labute approximate surface area is 141 Å². The van der Waals surface area contributed by atoms with Gasteiger partial charge in [-0.25, -0.2) is 17.1 Å². The topological polar surface area (TPSA) is 66.5 Å². The minimum atomic E-state index is -3.97. The number of carbonyl (C=O) groups is 1. The van der Waals surface area contributed by atoms with Gasteiger partial charge in [-0.3, -0.25) is 4.79 Å². The van der Waals surface area contributed by atoms with E-state index in [0.717, 1.165) is 27.6 Å². The molecule has 7 heteroatoms. The number of amides is 1. The molecule has 0 bridgehead atoms. The number of sulfonamides is 1. The van der Waals surface area contributed by atoms with Crippen molar-refractivity contribution in [1.82, 2.24) is 4.31 Å². The van der Waals surface area contributed by atoms with E-state index in [0.29, 0.717) is 5.69 Å². The Morgan fingerprint density at radius 3 is 2.21 bits per heavy atom. The van der Waals surface area contributed by atoms with Crippen LogP contribution in [-0.4, -0.2) is 32.7 Å². The summed E-state index contributed by atoms with van der Waals surface area (Å²) in [4.78, 5) is 11.9. The minimum Gasteiger partial charge on any atom is -0.322 e. The molecule has 0 aromatic heterocycles. The van der Waals surface area contributed by atoms with Gasteiger partial charge in [0.1, 0.15) is 10.7 Å². The van der Waals surface area contributed by atoms with Crippen LogP contribution in [0.4, 0.5) is 10.1 Å². The summed E-state index contributed by atoms with van der Waals surface area (Å²) in [7, 11) is -1.37. The first-order chi connectivity index (χ1) is 11.1. The third-order valence-corrected chi connectivity index (χ3v) is 5.50. The fourth-order valence-electron chi connectivity index (χ4n) is 2.24. The van der Waals surface area contributed by atoms with Crippen LogP contribution in [0.1, 0.15) is 21.5 Å². The number of anilines is 1. The molecule has 0 aliphatic rings. The van der Waals surface area contributed by atoms with Crippen LogP contribution in [0, 0.1) is 19.7 Å². The van der Waals surface area contributed by atoms with Gasteiger partial charge in [0.05, 0.1) is 0 Å². The normalized spacial score (nSPS) is 11.6. The number of para-hydroxylation sites is 1. The molecule has 0 aliphatic carbocycles. The number of hydrogen-bond donors (Lipinski definition) is 1. The first-order valence-electron chi connectivity index (χ1n) is 7.24. The molecule has 0 heterocycles. The summed E-state index contributed by atoms with van der Waals surface area (Å²) in [6.45, 7) is 3.71. The number of halogens is 1. The van der Waals surface area contributed by atoms with Crippen molar-refractivity contribution in [3.05, 3.63) is 58.9 Å². The van der Waals surface area contributed by atoms with E-state index in [-0.39, 0.29) is 5.56 Å². The highest BCUT2D eigenvalue weighted by molar-refractivity contribution is 7.89. The lowest BCUT2D eigenvalue weighted by atomic mass is 10.1. The maximum absolute atomic E-state index is 13.9. The van der Waals surface area contributed by atoms with Gasteiger partial charge in [-0.1, -0.05) is 18.2 Å². The second-order valence-electron chi connectivity index (χ2n) is 5.65. The Bertz CT molecular complexity index is 872. The highest BCUT2D eigenvalue weighted by atomic mass is 32.2. The van der Waals surface area contributed by atoms with Crippen molar-refractivity contribution in [2.45, 2.75) is 18.7 Å². The molecule has 1 N–H and O–H groups in total. The van der Waals surface area contributed by atoms with E-state index < -0.39 is 26.6 Å². The van der Waals surface area contributed by atoms with E-state index in [1.54, 1.807) is 0 Å². The standard InChI is InChI=1S/C17H19FN2O3S/c1-11-6-5-7-12(2)16(11)19-17(21)13-8-9-14(18)15(10-13)24(22,23)20(3)4/h5-10H,1-4H3,(H,19,21). The van der Waals surface area contributed by atoms with Crippen LogP contribution in [0.15, 0.2) is 41.3 Å². The fraction of sp³-hybridized carbons (Fsp3) is 0.235. The first-order valence-corrected chi connectivity index (χ1v) is 8.68. The lowest BCUT2D eigenvalue weighted by Gasteiger charge is -2.14. The van der Waals surface area contributed by atoms with Crippen LogP contribution in [-0.2, 0) is 10.0 Å². The summed E-state index contributed by atoms with van der Waals surface area (Å²) in [5, 5.41) is 2.75. The highest BCUT2D eigenvalue weighted by Crippen LogP contribution is 2.23. The Balaban J connectivity index is 2.42. The fourth-order valence-corrected chi connectivity index (χ4v) is 3.22. The van der Waals surface area contributed by atoms with Crippen molar-refractivity contribution in [1.29, 1.82) is 0 Å². The summed E-state index contributed by atoms with van der Waals surface area (Å²) < 4.78 is 39.1. The molecule has 2 aromatic carbocycles. The lowest BCUT2D eigenvalue weighted by Crippen LogP contribution is -2.24. The zero-order valence-electron chi connectivity index (χ0n) is 13.9. The van der Waals surface area contributed by atoms with Crippen LogP contribution >= 0.6 is 0 Å². The summed E-state index contributed by atoms with van der Waals surface area (Å²) in [6, 6.07) is 8.88. The van der Waals surface area contributed by atoms with Gasteiger partial charge in [0, 0.05) is 25.3 Å². The predicted molar refractivity (Wildman–Crippen MR) is 91.1 cm³/mol. The molecule has 0 spiro atoms. The monoisotopic (exact) mass is 350 g/mol. The highest BCUT2D eigenvalue weighted by Gasteiger charge is 2.23. The average molecular weight is 350 g/mol. The number of carbonyl (C=O) groups excluding carboxylic acids is 1. The number of nitrogens with one attached hydrogen (secondary N) is 1. The molecular formula is C17H19FN2O3S. The van der Waals surface area contributed by atoms with Crippen molar-refractivity contribution in [3.63, 3.8) is 0 Å². The summed E-state index contributed by atoms with van der Waals surface area (Å²) in [5.41, 5.74) is 2.49. The number of aryl methyl sites for hydroxylation is 2. The van der Waals surface area contributed by atoms with Crippen LogP contribution in [0.3, 0.4) is 0 Å². The van der Waals surface area contributed by atoms with Crippen LogP contribution < -0.4 is 5.32 Å². The molecule has 0 radical (unpaired) electrons. The van der Waals surface area contributed by atoms with E-state index in [1.807, 2.05) is 32.0 Å². The van der Waals surface area contributed by atoms with Crippen LogP contribution in [0.2, 0.25) is 0 Å². The zero-order chi connectivity index (χ0) is 18.1. The van der Waals surface area contributed by atoms with Crippen LogP contribution in [0.25, 0.3) is 0 Å². The number of benzene rings is 2. The van der Waals surface area contributed by atoms with Gasteiger partial charge in [0.15, 0.2) is 0 Å². The van der Waals surface area contributed by atoms with Gasteiger partial charge >= 0.3 is 0 Å². The maximum atomic E-state index is 13.9. The van der Waals surface area contributed by atoms with E-state index in [4.69, 9.17) is 0 Å². The predicted octanol–water partition coefficient (Wildman–Crippen LogP) is 2.95. The summed E-state index contributed by atoms with van der Waals surface area (Å²) in [5.74, 6) is -1.39. The first kappa shape index (κ1) is 18.1. The molecule has 2 rings (SSSR count). The molecule has 1 amide bonds. The van der Waals surface area contributed by atoms with Gasteiger partial charge in [0.2, 0.25) is 10.0 Å². The zero-order valence-corrected chi connectivity index (χ0v) is 14.7. The van der Waals surface area contributed by atoms with E-state index in [9.17, 15) is 17.6 Å². The van der Waals surface area contributed by atoms with Gasteiger partial charge in [0.25, 0.3) is 5.91 Å². The molecule has 24 heavy (non-hydrogen) atoms. The molecule has 0 unspecified atom stereocenters. The second-order valence-corrected chi connectivity index (χ2v) is 7.77. The Morgan fingerprint density at radius 2 is 1.67 bits per heavy atom. The quantitative estimate of drug-likeness (QED) is 0.922. The van der Waals surface area contributed by atoms with E-state index >= 15 is 0 Å². The third kappa shape index (κ3) is 3.47. The molecule has 2 aromatic rings. The maximum Gasteiger partial charge on any atom is 0.255 e. The minimum absolute atomic E-state index is 0.0690. The van der Waals surface area contributed by atoms with Crippen molar-refractivity contribution in [2.75, 3.05) is 19.4 Å². The van der Waals surface area contributed by atoms with Crippen molar-refractivity contribution < 1.29 is 17.6 Å². The molecule has 5 nitrogen and oxygen atoms in total. The van der Waals surface area contributed by atoms with E-state index in [1.165, 1.54) is 20.2 Å². The largest absolute Gasteiger partial charge is 0.322 e. The Morgan fingerprint density at radius 1 is 1.08 bits per heavy atom. The summed E-state index contributed by atoms with van der Waals surface area (Å²) >= 11 is 0. The van der Waals surface area contributed by atoms with Crippen molar-refractivity contribution in [3.8, 4) is 0 Å². The number of rotatable bonds is 4. The molecule has 0 atom stereocenters. The van der Waals surface area contributed by atoms with Crippen molar-refractivity contribution in [2.24, 2.45) is 0 Å². The van der Waals surface area contributed by atoms with E-state index in [2.05, 4.69) is 5.32 Å². The molecule has 0 aliphatic heterocycles. The number of hydrogen-bond acceptors (Lipinski definition) is 3. The third-order valence-electron chi connectivity index (χ3n) is 3.67. The Hall–Kier alpha value is -2.25. The van der Waals surface area contributed by atoms with Gasteiger partial charge in [-0.15, -0.1) is 0 Å². The van der Waals surface area contributed by atoms with Gasteiger partial charge in [-0.05, 0) is 43.2 Å². The molecule has 0 saturated carbocycles. The Kier molecular flexibility index (Phi) is 5.05. The number of nitrogens with zero attached hydrogens (tertiary/aromatic N) is 1. The smallest absolute Gasteiger partial charge is 0.255 e. The van der Waals surface area contributed by atoms with Crippen molar-refractivity contribution >= 4 is 21.6 Å². The SMILES string of the molecule is Cc1cccc(C)c1NC(=O)c1ccc(F)c(S(=O)(=O)N(C)C)c1. The molecule has 128 valence electrons. The summed E-state index contributed by atoms with van der Waals surface area (Å²) in [6.07, 6.45) is 0. The van der Waals surface area contributed by atoms with Crippen LogP contribution in [0.5, 0.6) is 0 Å². The molecule has 0 fully saturated rings. The van der Waals surface area contributed by atoms with Gasteiger partial charge in [-0.2, -0.15) is 0 Å². The second kappa shape index (κ2) is 6.70. The lowest BCUT2D eigenvalue weighted by molar-refractivity contribution is 0.102. The molecule has 0 saturated heterocycles. The molecular weight excluding hydrogens is 331 g/mol.